The molecule has 2 aromatic carbocycles. The van der Waals surface area contributed by atoms with Crippen molar-refractivity contribution in [2.24, 2.45) is 4.99 Å². The Bertz CT molecular complexity index is 1060. The molecule has 4 rings (SSSR count). The van der Waals surface area contributed by atoms with E-state index in [1.54, 1.807) is 23.1 Å². The van der Waals surface area contributed by atoms with E-state index in [1.165, 1.54) is 11.8 Å². The van der Waals surface area contributed by atoms with E-state index in [-0.39, 0.29) is 35.1 Å². The van der Waals surface area contributed by atoms with Crippen LogP contribution in [0.3, 0.4) is 0 Å². The molecule has 2 saturated heterocycles. The molecule has 146 valence electrons. The zero-order valence-electron chi connectivity index (χ0n) is 14.6. The Hall–Kier alpha value is -1.54. The number of anilines is 1. The van der Waals surface area contributed by atoms with Gasteiger partial charge in [0.05, 0.1) is 39.7 Å². The molecule has 2 aliphatic rings. The van der Waals surface area contributed by atoms with Crippen LogP contribution in [0.25, 0.3) is 0 Å². The molecule has 0 N–H and O–H groups in total. The lowest BCUT2D eigenvalue weighted by molar-refractivity contribution is -0.117. The van der Waals surface area contributed by atoms with Crippen molar-refractivity contribution in [3.63, 3.8) is 0 Å². The van der Waals surface area contributed by atoms with E-state index in [0.717, 1.165) is 5.56 Å². The number of aliphatic imine (C=N–C) groups is 1. The van der Waals surface area contributed by atoms with Crippen LogP contribution >= 0.6 is 35.0 Å². The van der Waals surface area contributed by atoms with Crippen molar-refractivity contribution in [1.82, 2.24) is 0 Å². The summed E-state index contributed by atoms with van der Waals surface area (Å²) in [6.45, 7) is 0. The molecule has 9 heteroatoms. The molecule has 2 fully saturated rings. The van der Waals surface area contributed by atoms with Gasteiger partial charge in [0, 0.05) is 5.25 Å². The van der Waals surface area contributed by atoms with E-state index < -0.39 is 9.84 Å². The number of thioether (sulfide) groups is 1. The minimum absolute atomic E-state index is 0.000591. The Balaban J connectivity index is 1.69. The second kappa shape index (κ2) is 7.71. The monoisotopic (exact) mass is 454 g/mol. The van der Waals surface area contributed by atoms with Crippen LogP contribution in [0.5, 0.6) is 0 Å². The van der Waals surface area contributed by atoms with Crippen LogP contribution in [0.1, 0.15) is 5.56 Å². The average Bonchev–Trinajstić information content (AvgIpc) is 3.09. The number of hydrogen-bond acceptors (Lipinski definition) is 4. The number of carbonyl (C=O) groups excluding carboxylic acids is 1. The molecule has 0 spiro atoms. The lowest BCUT2D eigenvalue weighted by Gasteiger charge is -2.25. The fraction of sp³-hybridized carbons (Fsp3) is 0.263. The van der Waals surface area contributed by atoms with Crippen molar-refractivity contribution < 1.29 is 13.2 Å². The maximum absolute atomic E-state index is 12.5. The number of nitrogens with zero attached hydrogens (tertiary/aromatic N) is 2. The lowest BCUT2D eigenvalue weighted by Crippen LogP contribution is -2.38. The molecular weight excluding hydrogens is 439 g/mol. The summed E-state index contributed by atoms with van der Waals surface area (Å²) in [5.41, 5.74) is 1.44. The predicted molar refractivity (Wildman–Crippen MR) is 115 cm³/mol. The van der Waals surface area contributed by atoms with E-state index in [1.807, 2.05) is 30.3 Å². The van der Waals surface area contributed by atoms with Gasteiger partial charge in [0.25, 0.3) is 5.91 Å². The van der Waals surface area contributed by atoms with E-state index in [9.17, 15) is 13.2 Å². The van der Waals surface area contributed by atoms with Crippen LogP contribution in [0, 0.1) is 0 Å². The molecule has 1 amide bonds. The Morgan fingerprint density at radius 1 is 1.11 bits per heavy atom. The Labute approximate surface area is 177 Å². The lowest BCUT2D eigenvalue weighted by atomic mass is 10.1. The summed E-state index contributed by atoms with van der Waals surface area (Å²) in [6.07, 6.45) is 0.176. The number of hydrogen-bond donors (Lipinski definition) is 0. The van der Waals surface area contributed by atoms with Crippen LogP contribution in [0.15, 0.2) is 53.5 Å². The highest BCUT2D eigenvalue weighted by atomic mass is 35.5. The first kappa shape index (κ1) is 19.8. The third-order valence-corrected chi connectivity index (χ3v) is 8.69. The van der Waals surface area contributed by atoms with Crippen molar-refractivity contribution in [2.75, 3.05) is 16.4 Å². The molecule has 0 radical (unpaired) electrons. The number of carbonyl (C=O) groups is 1. The molecule has 2 aliphatic heterocycles. The second-order valence-corrected chi connectivity index (χ2v) is 10.8. The highest BCUT2D eigenvalue weighted by Crippen LogP contribution is 2.44. The van der Waals surface area contributed by atoms with Gasteiger partial charge in [-0.1, -0.05) is 71.4 Å². The fourth-order valence-electron chi connectivity index (χ4n) is 3.44. The number of rotatable bonds is 3. The van der Waals surface area contributed by atoms with Gasteiger partial charge >= 0.3 is 0 Å². The quantitative estimate of drug-likeness (QED) is 0.704. The van der Waals surface area contributed by atoms with Gasteiger partial charge in [0.2, 0.25) is 0 Å². The van der Waals surface area contributed by atoms with Gasteiger partial charge in [-0.05, 0) is 17.7 Å². The molecular formula is C19H16Cl2N2O3S2. The highest BCUT2D eigenvalue weighted by Gasteiger charge is 2.49. The van der Waals surface area contributed by atoms with Gasteiger partial charge in [-0.3, -0.25) is 4.79 Å². The third-order valence-electron chi connectivity index (χ3n) is 4.68. The number of sulfone groups is 1. The Morgan fingerprint density at radius 3 is 2.61 bits per heavy atom. The standard InChI is InChI=1S/C19H16Cl2N2O3S2/c20-13-7-4-8-14(18(13)21)23-15-10-28(25,26)11-16(15)27-19(23)22-17(24)9-12-5-2-1-3-6-12/h1-8,15-16H,9-11H2/t15-,16+/m1/s1. The Kier molecular flexibility index (Phi) is 5.44. The Morgan fingerprint density at radius 2 is 1.86 bits per heavy atom. The van der Waals surface area contributed by atoms with Crippen LogP contribution in [0.2, 0.25) is 10.0 Å². The number of halogens is 2. The first-order valence-corrected chi connectivity index (χ1v) is 12.1. The van der Waals surface area contributed by atoms with E-state index in [0.29, 0.717) is 20.9 Å². The summed E-state index contributed by atoms with van der Waals surface area (Å²) < 4.78 is 24.3. The summed E-state index contributed by atoms with van der Waals surface area (Å²) in [7, 11) is -3.15. The van der Waals surface area contributed by atoms with Gasteiger partial charge in [-0.15, -0.1) is 0 Å². The summed E-state index contributed by atoms with van der Waals surface area (Å²) in [5, 5.41) is 0.958. The minimum atomic E-state index is -3.15. The number of amides is 1. The fourth-order valence-corrected chi connectivity index (χ4v) is 7.75. The van der Waals surface area contributed by atoms with Crippen molar-refractivity contribution in [3.8, 4) is 0 Å². The highest BCUT2D eigenvalue weighted by molar-refractivity contribution is 8.16. The van der Waals surface area contributed by atoms with Crippen molar-refractivity contribution >= 4 is 61.6 Å². The molecule has 5 nitrogen and oxygen atoms in total. The topological polar surface area (TPSA) is 66.8 Å². The summed E-state index contributed by atoms with van der Waals surface area (Å²) in [6, 6.07) is 14.2. The van der Waals surface area contributed by atoms with Crippen molar-refractivity contribution in [1.29, 1.82) is 0 Å². The molecule has 2 aromatic rings. The van der Waals surface area contributed by atoms with Crippen molar-refractivity contribution in [3.05, 3.63) is 64.1 Å². The number of benzene rings is 2. The minimum Gasteiger partial charge on any atom is -0.314 e. The number of fused-ring (bicyclic) bond motifs is 1. The largest absolute Gasteiger partial charge is 0.314 e. The van der Waals surface area contributed by atoms with E-state index >= 15 is 0 Å². The predicted octanol–water partition coefficient (Wildman–Crippen LogP) is 3.84. The maximum atomic E-state index is 12.5. The summed E-state index contributed by atoms with van der Waals surface area (Å²) in [4.78, 5) is 18.6. The van der Waals surface area contributed by atoms with Crippen molar-refractivity contribution in [2.45, 2.75) is 17.7 Å². The van der Waals surface area contributed by atoms with Crippen LogP contribution < -0.4 is 4.90 Å². The van der Waals surface area contributed by atoms with Gasteiger partial charge in [0.1, 0.15) is 0 Å². The number of amidine groups is 1. The van der Waals surface area contributed by atoms with Crippen LogP contribution in [-0.4, -0.2) is 42.3 Å². The molecule has 0 aliphatic carbocycles. The van der Waals surface area contributed by atoms with Gasteiger partial charge < -0.3 is 4.90 Å². The van der Waals surface area contributed by atoms with E-state index in [2.05, 4.69) is 4.99 Å². The first-order valence-electron chi connectivity index (χ1n) is 8.60. The average molecular weight is 455 g/mol. The van der Waals surface area contributed by atoms with Crippen LogP contribution in [0.4, 0.5) is 5.69 Å². The normalized spacial score (nSPS) is 24.5. The summed E-state index contributed by atoms with van der Waals surface area (Å²) in [5.74, 6) is -0.234. The molecule has 2 atom stereocenters. The van der Waals surface area contributed by atoms with Gasteiger partial charge in [0.15, 0.2) is 15.0 Å². The SMILES string of the molecule is O=C(Cc1ccccc1)N=C1S[C@H]2CS(=O)(=O)C[C@H]2N1c1cccc(Cl)c1Cl. The van der Waals surface area contributed by atoms with Gasteiger partial charge in [-0.25, -0.2) is 8.42 Å². The maximum Gasteiger partial charge on any atom is 0.252 e. The zero-order chi connectivity index (χ0) is 19.9. The molecule has 0 unspecified atom stereocenters. The molecule has 2 heterocycles. The molecule has 0 aromatic heterocycles. The smallest absolute Gasteiger partial charge is 0.252 e. The first-order chi connectivity index (χ1) is 13.3. The molecule has 0 saturated carbocycles. The van der Waals surface area contributed by atoms with Gasteiger partial charge in [-0.2, -0.15) is 4.99 Å². The third kappa shape index (κ3) is 3.94. The van der Waals surface area contributed by atoms with E-state index in [4.69, 9.17) is 23.2 Å². The van der Waals surface area contributed by atoms with Crippen LogP contribution in [-0.2, 0) is 21.1 Å². The summed E-state index contributed by atoms with van der Waals surface area (Å²) >= 11 is 13.9. The second-order valence-electron chi connectivity index (χ2n) is 6.69. The molecule has 0 bridgehead atoms. The zero-order valence-corrected chi connectivity index (χ0v) is 17.7. The molecule has 28 heavy (non-hydrogen) atoms.